The third-order valence-electron chi connectivity index (χ3n) is 2.82. The van der Waals surface area contributed by atoms with Gasteiger partial charge in [-0.1, -0.05) is 23.2 Å². The second-order valence-corrected chi connectivity index (χ2v) is 5.21. The normalized spacial score (nSPS) is 9.87. The number of hydrazine groups is 1. The lowest BCUT2D eigenvalue weighted by Gasteiger charge is -2.10. The van der Waals surface area contributed by atoms with Gasteiger partial charge in [-0.2, -0.15) is 0 Å². The zero-order chi connectivity index (χ0) is 16.8. The van der Waals surface area contributed by atoms with Crippen LogP contribution in [0.15, 0.2) is 42.5 Å². The molecular weight excluding hydrogens is 341 g/mol. The monoisotopic (exact) mass is 353 g/mol. The molecule has 0 aromatic heterocycles. The lowest BCUT2D eigenvalue weighted by atomic mass is 10.2. The van der Waals surface area contributed by atoms with Gasteiger partial charge in [-0.3, -0.25) is 10.2 Å². The zero-order valence-electron chi connectivity index (χ0n) is 12.0. The van der Waals surface area contributed by atoms with Crippen LogP contribution in [0.4, 0.5) is 10.5 Å². The largest absolute Gasteiger partial charge is 0.497 e. The fourth-order valence-corrected chi connectivity index (χ4v) is 1.96. The van der Waals surface area contributed by atoms with Gasteiger partial charge in [-0.25, -0.2) is 10.2 Å². The Balaban J connectivity index is 1.87. The molecule has 0 heterocycles. The van der Waals surface area contributed by atoms with E-state index in [2.05, 4.69) is 16.2 Å². The van der Waals surface area contributed by atoms with E-state index in [1.165, 1.54) is 13.2 Å². The molecule has 0 bridgehead atoms. The maximum Gasteiger partial charge on any atom is 0.337 e. The van der Waals surface area contributed by atoms with Gasteiger partial charge in [-0.05, 0) is 42.5 Å². The summed E-state index contributed by atoms with van der Waals surface area (Å²) in [6.45, 7) is 0. The number of rotatable bonds is 3. The standard InChI is InChI=1S/C15H13Cl2N3O3/c1-23-11-5-2-9(3-6-11)14(21)19-20-15(22)18-10-4-7-12(16)13(17)8-10/h2-8H,1H3,(H,19,21)(H2,18,20,22). The van der Waals surface area contributed by atoms with Crippen LogP contribution >= 0.6 is 23.2 Å². The first kappa shape index (κ1) is 16.9. The van der Waals surface area contributed by atoms with Crippen LogP contribution in [-0.2, 0) is 0 Å². The van der Waals surface area contributed by atoms with Crippen molar-refractivity contribution in [2.45, 2.75) is 0 Å². The number of halogens is 2. The maximum absolute atomic E-state index is 11.9. The van der Waals surface area contributed by atoms with Crippen molar-refractivity contribution < 1.29 is 14.3 Å². The van der Waals surface area contributed by atoms with Crippen molar-refractivity contribution in [2.24, 2.45) is 0 Å². The number of nitrogens with one attached hydrogen (secondary N) is 3. The van der Waals surface area contributed by atoms with Gasteiger partial charge < -0.3 is 10.1 Å². The second-order valence-electron chi connectivity index (χ2n) is 4.39. The minimum absolute atomic E-state index is 0.312. The minimum Gasteiger partial charge on any atom is -0.497 e. The van der Waals surface area contributed by atoms with Crippen LogP contribution in [0.25, 0.3) is 0 Å². The Labute approximate surface area is 142 Å². The van der Waals surface area contributed by atoms with Crippen LogP contribution in [0.1, 0.15) is 10.4 Å². The fraction of sp³-hybridized carbons (Fsp3) is 0.0667. The minimum atomic E-state index is -0.620. The molecule has 3 N–H and O–H groups in total. The highest BCUT2D eigenvalue weighted by molar-refractivity contribution is 6.42. The number of hydrogen-bond donors (Lipinski definition) is 3. The molecule has 8 heteroatoms. The molecule has 0 aliphatic heterocycles. The van der Waals surface area contributed by atoms with Gasteiger partial charge in [0.2, 0.25) is 0 Å². The van der Waals surface area contributed by atoms with Crippen molar-refractivity contribution in [3.05, 3.63) is 58.1 Å². The summed E-state index contributed by atoms with van der Waals surface area (Å²) in [4.78, 5) is 23.6. The number of methoxy groups -OCH3 is 1. The van der Waals surface area contributed by atoms with E-state index in [0.29, 0.717) is 27.0 Å². The Morgan fingerprint density at radius 2 is 1.65 bits per heavy atom. The number of amides is 3. The van der Waals surface area contributed by atoms with Crippen molar-refractivity contribution >= 4 is 40.8 Å². The van der Waals surface area contributed by atoms with Crippen LogP contribution in [0, 0.1) is 0 Å². The molecule has 6 nitrogen and oxygen atoms in total. The summed E-state index contributed by atoms with van der Waals surface area (Å²) in [6, 6.07) is 10.4. The number of anilines is 1. The van der Waals surface area contributed by atoms with E-state index < -0.39 is 11.9 Å². The quantitative estimate of drug-likeness (QED) is 0.739. The van der Waals surface area contributed by atoms with Crippen LogP contribution in [0.3, 0.4) is 0 Å². The van der Waals surface area contributed by atoms with E-state index >= 15 is 0 Å². The Morgan fingerprint density at radius 3 is 2.26 bits per heavy atom. The van der Waals surface area contributed by atoms with Gasteiger partial charge in [-0.15, -0.1) is 0 Å². The van der Waals surface area contributed by atoms with Crippen molar-refractivity contribution in [3.63, 3.8) is 0 Å². The van der Waals surface area contributed by atoms with Crippen molar-refractivity contribution in [1.29, 1.82) is 0 Å². The smallest absolute Gasteiger partial charge is 0.337 e. The van der Waals surface area contributed by atoms with Gasteiger partial charge in [0, 0.05) is 11.3 Å². The number of urea groups is 1. The number of ether oxygens (including phenoxy) is 1. The maximum atomic E-state index is 11.9. The molecule has 0 saturated carbocycles. The second kappa shape index (κ2) is 7.71. The van der Waals surface area contributed by atoms with Crippen LogP contribution in [-0.4, -0.2) is 19.0 Å². The Hall–Kier alpha value is -2.44. The van der Waals surface area contributed by atoms with Gasteiger partial charge in [0.25, 0.3) is 5.91 Å². The molecule has 0 unspecified atom stereocenters. The number of benzene rings is 2. The highest BCUT2D eigenvalue weighted by Crippen LogP contribution is 2.24. The fourth-order valence-electron chi connectivity index (χ4n) is 1.66. The molecule has 3 amide bonds. The van der Waals surface area contributed by atoms with E-state index in [-0.39, 0.29) is 0 Å². The molecule has 0 aliphatic rings. The zero-order valence-corrected chi connectivity index (χ0v) is 13.5. The molecular formula is C15H13Cl2N3O3. The Kier molecular flexibility index (Phi) is 5.67. The Morgan fingerprint density at radius 1 is 0.957 bits per heavy atom. The summed E-state index contributed by atoms with van der Waals surface area (Å²) in [6.07, 6.45) is 0. The first-order valence-corrected chi connectivity index (χ1v) is 7.21. The predicted molar refractivity (Wildman–Crippen MR) is 89.1 cm³/mol. The first-order chi connectivity index (χ1) is 11.0. The lowest BCUT2D eigenvalue weighted by Crippen LogP contribution is -2.43. The molecule has 2 rings (SSSR count). The molecule has 0 saturated heterocycles. The number of carbonyl (C=O) groups excluding carboxylic acids is 2. The molecule has 23 heavy (non-hydrogen) atoms. The molecule has 2 aromatic rings. The lowest BCUT2D eigenvalue weighted by molar-refractivity contribution is 0.0938. The third-order valence-corrected chi connectivity index (χ3v) is 3.56. The van der Waals surface area contributed by atoms with E-state index in [1.54, 1.807) is 36.4 Å². The number of hydrogen-bond acceptors (Lipinski definition) is 3. The first-order valence-electron chi connectivity index (χ1n) is 6.46. The summed E-state index contributed by atoms with van der Waals surface area (Å²) in [5, 5.41) is 3.20. The molecule has 0 fully saturated rings. The molecule has 0 spiro atoms. The van der Waals surface area contributed by atoms with Gasteiger partial charge in [0.15, 0.2) is 0 Å². The average molecular weight is 354 g/mol. The summed E-state index contributed by atoms with van der Waals surface area (Å²) < 4.78 is 5.00. The SMILES string of the molecule is COc1ccc(C(=O)NNC(=O)Nc2ccc(Cl)c(Cl)c2)cc1. The van der Waals surface area contributed by atoms with E-state index in [4.69, 9.17) is 27.9 Å². The van der Waals surface area contributed by atoms with Crippen molar-refractivity contribution in [1.82, 2.24) is 10.9 Å². The van der Waals surface area contributed by atoms with E-state index in [1.807, 2.05) is 0 Å². The highest BCUT2D eigenvalue weighted by atomic mass is 35.5. The average Bonchev–Trinajstić information content (AvgIpc) is 2.56. The molecule has 120 valence electrons. The highest BCUT2D eigenvalue weighted by Gasteiger charge is 2.08. The number of carbonyl (C=O) groups is 2. The third kappa shape index (κ3) is 4.77. The van der Waals surface area contributed by atoms with Crippen molar-refractivity contribution in [2.75, 3.05) is 12.4 Å². The van der Waals surface area contributed by atoms with Crippen LogP contribution < -0.4 is 20.9 Å². The summed E-state index contributed by atoms with van der Waals surface area (Å²) in [5.41, 5.74) is 5.33. The molecule has 0 aliphatic carbocycles. The van der Waals surface area contributed by atoms with Crippen LogP contribution in [0.5, 0.6) is 5.75 Å². The molecule has 0 radical (unpaired) electrons. The molecule has 0 atom stereocenters. The van der Waals surface area contributed by atoms with Crippen LogP contribution in [0.2, 0.25) is 10.0 Å². The topological polar surface area (TPSA) is 79.5 Å². The van der Waals surface area contributed by atoms with Crippen molar-refractivity contribution in [3.8, 4) is 5.75 Å². The van der Waals surface area contributed by atoms with Gasteiger partial charge in [0.1, 0.15) is 5.75 Å². The Bertz CT molecular complexity index is 720. The van der Waals surface area contributed by atoms with E-state index in [9.17, 15) is 9.59 Å². The van der Waals surface area contributed by atoms with E-state index in [0.717, 1.165) is 0 Å². The van der Waals surface area contributed by atoms with Gasteiger partial charge >= 0.3 is 6.03 Å². The predicted octanol–water partition coefficient (Wildman–Crippen LogP) is 3.47. The summed E-state index contributed by atoms with van der Waals surface area (Å²) in [5.74, 6) is 0.170. The summed E-state index contributed by atoms with van der Waals surface area (Å²) >= 11 is 11.6. The van der Waals surface area contributed by atoms with Gasteiger partial charge in [0.05, 0.1) is 17.2 Å². The molecule has 2 aromatic carbocycles. The summed E-state index contributed by atoms with van der Waals surface area (Å²) in [7, 11) is 1.53.